The zero-order valence-corrected chi connectivity index (χ0v) is 26.3. The lowest BCUT2D eigenvalue weighted by atomic mass is 10.2. The second-order valence-corrected chi connectivity index (χ2v) is 14.2. The van der Waals surface area contributed by atoms with Crippen LogP contribution >= 0.6 is 11.3 Å². The first-order chi connectivity index (χ1) is 19.6. The highest BCUT2D eigenvalue weighted by molar-refractivity contribution is 7.89. The smallest absolute Gasteiger partial charge is 0.260 e. The third kappa shape index (κ3) is 8.04. The van der Waals surface area contributed by atoms with Crippen LogP contribution in [0.2, 0.25) is 0 Å². The molecule has 1 aromatic heterocycles. The van der Waals surface area contributed by atoms with E-state index in [1.54, 1.807) is 40.6 Å². The summed E-state index contributed by atoms with van der Waals surface area (Å²) in [4.78, 5) is 22.9. The van der Waals surface area contributed by atoms with Gasteiger partial charge in [-0.25, -0.2) is 13.4 Å². The number of sulfonamides is 1. The van der Waals surface area contributed by atoms with Crippen molar-refractivity contribution in [3.05, 3.63) is 48.0 Å². The number of morpholine rings is 1. The number of ether oxygens (including phenoxy) is 2. The summed E-state index contributed by atoms with van der Waals surface area (Å²) < 4.78 is 40.3. The van der Waals surface area contributed by atoms with Gasteiger partial charge >= 0.3 is 0 Å². The number of methoxy groups -OCH3 is 1. The van der Waals surface area contributed by atoms with E-state index in [0.29, 0.717) is 36.1 Å². The number of thiazole rings is 1. The molecule has 1 amide bonds. The number of anilines is 1. The van der Waals surface area contributed by atoms with Gasteiger partial charge in [-0.3, -0.25) is 14.6 Å². The topological polar surface area (TPSA) is 92.3 Å². The Balaban J connectivity index is 1.58. The largest absolute Gasteiger partial charge is 0.497 e. The second-order valence-electron chi connectivity index (χ2n) is 11.2. The molecule has 3 aromatic rings. The number of nitrogens with zero attached hydrogens (tertiary/aromatic N) is 4. The van der Waals surface area contributed by atoms with Crippen molar-refractivity contribution >= 4 is 42.6 Å². The molecule has 1 saturated heterocycles. The average Bonchev–Trinajstić information content (AvgIpc) is 3.37. The van der Waals surface area contributed by atoms with Crippen molar-refractivity contribution in [1.29, 1.82) is 0 Å². The lowest BCUT2D eigenvalue weighted by Crippen LogP contribution is -2.39. The highest BCUT2D eigenvalue weighted by atomic mass is 32.2. The first-order valence-corrected chi connectivity index (χ1v) is 16.5. The van der Waals surface area contributed by atoms with E-state index in [4.69, 9.17) is 14.5 Å². The fourth-order valence-corrected chi connectivity index (χ4v) is 7.60. The van der Waals surface area contributed by atoms with Crippen molar-refractivity contribution in [2.75, 3.05) is 64.5 Å². The molecule has 1 aliphatic rings. The molecule has 0 spiro atoms. The third-order valence-corrected chi connectivity index (χ3v) is 9.80. The van der Waals surface area contributed by atoms with Crippen molar-refractivity contribution in [3.63, 3.8) is 0 Å². The van der Waals surface area contributed by atoms with E-state index in [-0.39, 0.29) is 22.6 Å². The molecule has 0 N–H and O–H groups in total. The number of rotatable bonds is 13. The van der Waals surface area contributed by atoms with Gasteiger partial charge in [-0.05, 0) is 54.7 Å². The summed E-state index contributed by atoms with van der Waals surface area (Å²) in [6.07, 6.45) is 0.775. The van der Waals surface area contributed by atoms with E-state index >= 15 is 0 Å². The minimum absolute atomic E-state index is 0.196. The molecule has 0 unspecified atom stereocenters. The molecular formula is C30H42N4O5S2. The van der Waals surface area contributed by atoms with Crippen LogP contribution in [0.25, 0.3) is 10.2 Å². The van der Waals surface area contributed by atoms with Gasteiger partial charge in [0, 0.05) is 50.9 Å². The molecule has 0 atom stereocenters. The molecule has 0 aliphatic carbocycles. The Labute approximate surface area is 248 Å². The number of benzene rings is 2. The molecule has 0 bridgehead atoms. The monoisotopic (exact) mass is 602 g/mol. The maximum Gasteiger partial charge on any atom is 0.260 e. The standard InChI is InChI=1S/C30H42N4O5S2/c1-22(2)20-33(21-23(3)4)41(36,37)26-10-7-24(8-11-26)29(35)34(14-6-13-32-15-17-39-18-16-32)30-31-27-19-25(38-5)9-12-28(27)40-30/h7-12,19,22-23H,6,13-18,20-21H2,1-5H3. The van der Waals surface area contributed by atoms with Gasteiger partial charge in [0.15, 0.2) is 5.13 Å². The molecule has 9 nitrogen and oxygen atoms in total. The summed E-state index contributed by atoms with van der Waals surface area (Å²) in [5, 5.41) is 0.608. The van der Waals surface area contributed by atoms with Crippen molar-refractivity contribution in [3.8, 4) is 5.75 Å². The number of aromatic nitrogens is 1. The zero-order chi connectivity index (χ0) is 29.6. The lowest BCUT2D eigenvalue weighted by Gasteiger charge is -2.28. The second kappa shape index (κ2) is 14.1. The Hall–Kier alpha value is -2.57. The van der Waals surface area contributed by atoms with Gasteiger partial charge in [0.2, 0.25) is 10.0 Å². The van der Waals surface area contributed by atoms with Gasteiger partial charge in [0.1, 0.15) is 5.75 Å². The number of fused-ring (bicyclic) bond motifs is 1. The molecule has 0 saturated carbocycles. The van der Waals surface area contributed by atoms with Crippen molar-refractivity contribution in [2.24, 2.45) is 11.8 Å². The van der Waals surface area contributed by atoms with E-state index in [1.165, 1.54) is 11.3 Å². The van der Waals surface area contributed by atoms with Gasteiger partial charge in [-0.1, -0.05) is 39.0 Å². The Kier molecular flexibility index (Phi) is 10.8. The SMILES string of the molecule is COc1ccc2sc(N(CCCN3CCOCC3)C(=O)c3ccc(S(=O)(=O)N(CC(C)C)CC(C)C)cc3)nc2c1. The van der Waals surface area contributed by atoms with Gasteiger partial charge < -0.3 is 9.47 Å². The molecular weight excluding hydrogens is 560 g/mol. The summed E-state index contributed by atoms with van der Waals surface area (Å²) in [7, 11) is -2.07. The normalized spacial score (nSPS) is 14.8. The van der Waals surface area contributed by atoms with E-state index in [2.05, 4.69) is 4.90 Å². The zero-order valence-electron chi connectivity index (χ0n) is 24.7. The van der Waals surface area contributed by atoms with Crippen LogP contribution in [-0.2, 0) is 14.8 Å². The van der Waals surface area contributed by atoms with E-state index < -0.39 is 10.0 Å². The van der Waals surface area contributed by atoms with Crippen LogP contribution in [0.5, 0.6) is 5.75 Å². The summed E-state index contributed by atoms with van der Waals surface area (Å²) in [6.45, 7) is 13.5. The van der Waals surface area contributed by atoms with Crippen molar-refractivity contribution in [1.82, 2.24) is 14.2 Å². The average molecular weight is 603 g/mol. The Morgan fingerprint density at radius 2 is 1.71 bits per heavy atom. The molecule has 1 aliphatic heterocycles. The van der Waals surface area contributed by atoms with Crippen LogP contribution in [0, 0.1) is 11.8 Å². The van der Waals surface area contributed by atoms with E-state index in [1.807, 2.05) is 45.9 Å². The quantitative estimate of drug-likeness (QED) is 0.273. The first kappa shape index (κ1) is 31.4. The molecule has 2 heterocycles. The number of carbonyl (C=O) groups is 1. The predicted octanol–water partition coefficient (Wildman–Crippen LogP) is 4.98. The summed E-state index contributed by atoms with van der Waals surface area (Å²) >= 11 is 1.46. The van der Waals surface area contributed by atoms with Crippen LogP contribution in [0.4, 0.5) is 5.13 Å². The number of amides is 1. The molecule has 1 fully saturated rings. The molecule has 0 radical (unpaired) electrons. The van der Waals surface area contributed by atoms with Crippen LogP contribution < -0.4 is 9.64 Å². The van der Waals surface area contributed by atoms with Crippen molar-refractivity contribution < 1.29 is 22.7 Å². The van der Waals surface area contributed by atoms with Crippen molar-refractivity contribution in [2.45, 2.75) is 39.0 Å². The van der Waals surface area contributed by atoms with Gasteiger partial charge in [-0.15, -0.1) is 0 Å². The van der Waals surface area contributed by atoms with Gasteiger partial charge in [0.25, 0.3) is 5.91 Å². The van der Waals surface area contributed by atoms with Crippen LogP contribution in [0.3, 0.4) is 0 Å². The first-order valence-electron chi connectivity index (χ1n) is 14.2. The van der Waals surface area contributed by atoms with Crippen LogP contribution in [-0.4, -0.2) is 88.1 Å². The fourth-order valence-electron chi connectivity index (χ4n) is 4.86. The molecule has 11 heteroatoms. The lowest BCUT2D eigenvalue weighted by molar-refractivity contribution is 0.0376. The Morgan fingerprint density at radius 1 is 1.05 bits per heavy atom. The van der Waals surface area contributed by atoms with E-state index in [0.717, 1.165) is 49.5 Å². The molecule has 41 heavy (non-hydrogen) atoms. The summed E-state index contributed by atoms with van der Waals surface area (Å²) in [5.41, 5.74) is 1.19. The van der Waals surface area contributed by atoms with Gasteiger partial charge in [-0.2, -0.15) is 4.31 Å². The van der Waals surface area contributed by atoms with Gasteiger partial charge in [0.05, 0.1) is 35.4 Å². The minimum Gasteiger partial charge on any atom is -0.497 e. The third-order valence-electron chi connectivity index (χ3n) is 6.90. The molecule has 4 rings (SSSR count). The number of hydrogen-bond donors (Lipinski definition) is 0. The Morgan fingerprint density at radius 3 is 2.32 bits per heavy atom. The van der Waals surface area contributed by atoms with E-state index in [9.17, 15) is 13.2 Å². The summed E-state index contributed by atoms with van der Waals surface area (Å²) in [5.74, 6) is 0.900. The highest BCUT2D eigenvalue weighted by Crippen LogP contribution is 2.32. The Bertz CT molecular complexity index is 1390. The van der Waals surface area contributed by atoms with Crippen LogP contribution in [0.15, 0.2) is 47.4 Å². The fraction of sp³-hybridized carbons (Fsp3) is 0.533. The van der Waals surface area contributed by atoms with Crippen LogP contribution in [0.1, 0.15) is 44.5 Å². The predicted molar refractivity (Wildman–Crippen MR) is 165 cm³/mol. The highest BCUT2D eigenvalue weighted by Gasteiger charge is 2.27. The minimum atomic E-state index is -3.69. The molecule has 2 aromatic carbocycles. The number of hydrogen-bond acceptors (Lipinski definition) is 8. The maximum atomic E-state index is 13.9. The summed E-state index contributed by atoms with van der Waals surface area (Å²) in [6, 6.07) is 12.0. The molecule has 224 valence electrons. The maximum absolute atomic E-state index is 13.9. The number of carbonyl (C=O) groups excluding carboxylic acids is 1.